The minimum absolute atomic E-state index is 0.0932. The van der Waals surface area contributed by atoms with Crippen LogP contribution in [-0.2, 0) is 0 Å². The number of methoxy groups -OCH3 is 1. The number of anilines is 2. The maximum Gasteiger partial charge on any atom is 0.161 e. The molecule has 3 heterocycles. The first-order chi connectivity index (χ1) is 12.7. The highest BCUT2D eigenvalue weighted by atomic mass is 35.5. The smallest absolute Gasteiger partial charge is 0.161 e. The lowest BCUT2D eigenvalue weighted by Crippen LogP contribution is -2.07. The number of aromatic nitrogens is 2. The molecule has 0 saturated carbocycles. The summed E-state index contributed by atoms with van der Waals surface area (Å²) in [5.41, 5.74) is 5.32. The van der Waals surface area contributed by atoms with E-state index in [0.29, 0.717) is 10.8 Å². The number of aromatic hydroxyl groups is 1. The van der Waals surface area contributed by atoms with Gasteiger partial charge in [0, 0.05) is 16.8 Å². The second-order valence-corrected chi connectivity index (χ2v) is 6.50. The van der Waals surface area contributed by atoms with Gasteiger partial charge in [0.2, 0.25) is 0 Å². The molecule has 5 rings (SSSR count). The zero-order chi connectivity index (χ0) is 17.8. The van der Waals surface area contributed by atoms with Crippen molar-refractivity contribution in [2.24, 2.45) is 0 Å². The fraction of sp³-hybridized carbons (Fsp3) is 0.0500. The molecule has 1 aliphatic rings. The number of hydrogen-bond acceptors (Lipinski definition) is 4. The number of rotatable bonds is 2. The van der Waals surface area contributed by atoms with Crippen LogP contribution in [0.5, 0.6) is 11.5 Å². The summed E-state index contributed by atoms with van der Waals surface area (Å²) in [5, 5.41) is 14.0. The quantitative estimate of drug-likeness (QED) is 0.458. The van der Waals surface area contributed by atoms with Gasteiger partial charge in [0.05, 0.1) is 17.8 Å². The van der Waals surface area contributed by atoms with Gasteiger partial charge in [-0.3, -0.25) is 4.40 Å². The van der Waals surface area contributed by atoms with Crippen LogP contribution in [-0.4, -0.2) is 21.6 Å². The predicted molar refractivity (Wildman–Crippen MR) is 103 cm³/mol. The lowest BCUT2D eigenvalue weighted by Gasteiger charge is -2.22. The van der Waals surface area contributed by atoms with Crippen molar-refractivity contribution in [1.82, 2.24) is 9.38 Å². The highest BCUT2D eigenvalue weighted by molar-refractivity contribution is 6.33. The van der Waals surface area contributed by atoms with Crippen molar-refractivity contribution in [2.75, 3.05) is 12.4 Å². The molecule has 2 aromatic carbocycles. The number of hydrogen-bond donors (Lipinski definition) is 2. The SMILES string of the molecule is COc1cc(-c2nc3ccc(Cl)c4n3c2Nc2ccccc2-4)ccc1O. The molecule has 0 unspecified atom stereocenters. The van der Waals surface area contributed by atoms with Gasteiger partial charge < -0.3 is 15.2 Å². The van der Waals surface area contributed by atoms with Crippen molar-refractivity contribution in [3.05, 3.63) is 59.6 Å². The largest absolute Gasteiger partial charge is 0.504 e. The highest BCUT2D eigenvalue weighted by Gasteiger charge is 2.25. The molecule has 0 aliphatic carbocycles. The molecule has 0 atom stereocenters. The molecule has 4 aromatic rings. The summed E-state index contributed by atoms with van der Waals surface area (Å²) in [4.78, 5) is 4.79. The fourth-order valence-electron chi connectivity index (χ4n) is 3.43. The Balaban J connectivity index is 1.84. The minimum Gasteiger partial charge on any atom is -0.504 e. The number of benzene rings is 2. The maximum absolute atomic E-state index is 9.89. The number of nitrogens with zero attached hydrogens (tertiary/aromatic N) is 2. The average molecular weight is 364 g/mol. The zero-order valence-electron chi connectivity index (χ0n) is 13.8. The van der Waals surface area contributed by atoms with Crippen LogP contribution in [0.25, 0.3) is 28.2 Å². The highest BCUT2D eigenvalue weighted by Crippen LogP contribution is 2.45. The second kappa shape index (κ2) is 5.41. The van der Waals surface area contributed by atoms with Gasteiger partial charge in [-0.25, -0.2) is 4.98 Å². The molecule has 128 valence electrons. The Morgan fingerprint density at radius 3 is 2.81 bits per heavy atom. The Labute approximate surface area is 154 Å². The average Bonchev–Trinajstić information content (AvgIpc) is 3.03. The van der Waals surface area contributed by atoms with Gasteiger partial charge in [0.15, 0.2) is 11.5 Å². The van der Waals surface area contributed by atoms with E-state index < -0.39 is 0 Å². The molecular weight excluding hydrogens is 350 g/mol. The van der Waals surface area contributed by atoms with Gasteiger partial charge in [-0.15, -0.1) is 0 Å². The van der Waals surface area contributed by atoms with Crippen LogP contribution in [0.1, 0.15) is 0 Å². The molecule has 26 heavy (non-hydrogen) atoms. The molecule has 0 amide bonds. The van der Waals surface area contributed by atoms with E-state index in [1.807, 2.05) is 46.9 Å². The molecule has 0 bridgehead atoms. The van der Waals surface area contributed by atoms with Crippen LogP contribution in [0.3, 0.4) is 0 Å². The normalized spacial score (nSPS) is 11.9. The topological polar surface area (TPSA) is 58.8 Å². The van der Waals surface area contributed by atoms with Gasteiger partial charge in [-0.1, -0.05) is 29.8 Å². The molecule has 0 fully saturated rings. The lowest BCUT2D eigenvalue weighted by molar-refractivity contribution is 0.373. The molecule has 6 heteroatoms. The number of fused-ring (bicyclic) bond motifs is 2. The summed E-state index contributed by atoms with van der Waals surface area (Å²) in [7, 11) is 1.53. The van der Waals surface area contributed by atoms with Crippen molar-refractivity contribution < 1.29 is 9.84 Å². The molecule has 0 spiro atoms. The zero-order valence-corrected chi connectivity index (χ0v) is 14.6. The first-order valence-electron chi connectivity index (χ1n) is 8.12. The summed E-state index contributed by atoms with van der Waals surface area (Å²) in [5.74, 6) is 1.33. The Kier molecular flexibility index (Phi) is 3.14. The van der Waals surface area contributed by atoms with Crippen LogP contribution in [0.2, 0.25) is 5.02 Å². The third kappa shape index (κ3) is 2.01. The summed E-state index contributed by atoms with van der Waals surface area (Å²) >= 11 is 6.53. The number of ether oxygens (including phenoxy) is 1. The van der Waals surface area contributed by atoms with Crippen molar-refractivity contribution in [3.63, 3.8) is 0 Å². The van der Waals surface area contributed by atoms with Gasteiger partial charge >= 0.3 is 0 Å². The van der Waals surface area contributed by atoms with E-state index in [0.717, 1.165) is 39.7 Å². The molecule has 0 saturated heterocycles. The van der Waals surface area contributed by atoms with Crippen molar-refractivity contribution in [2.45, 2.75) is 0 Å². The summed E-state index contributed by atoms with van der Waals surface area (Å²) in [6, 6.07) is 17.0. The number of phenols is 1. The van der Waals surface area contributed by atoms with E-state index in [-0.39, 0.29) is 5.75 Å². The summed E-state index contributed by atoms with van der Waals surface area (Å²) < 4.78 is 7.27. The standard InChI is InChI=1S/C20H14ClN3O2/c1-26-16-10-11(6-8-15(16)25)18-20-22-14-5-3-2-4-12(14)19-13(21)7-9-17(23-18)24(19)20/h2-10,22,25H,1H3. The van der Waals surface area contributed by atoms with E-state index in [2.05, 4.69) is 5.32 Å². The number of nitrogens with one attached hydrogen (secondary N) is 1. The first kappa shape index (κ1) is 15.1. The molecule has 5 nitrogen and oxygen atoms in total. The summed E-state index contributed by atoms with van der Waals surface area (Å²) in [6.45, 7) is 0. The van der Waals surface area contributed by atoms with E-state index in [1.54, 1.807) is 12.1 Å². The van der Waals surface area contributed by atoms with Crippen LogP contribution in [0.15, 0.2) is 54.6 Å². The van der Waals surface area contributed by atoms with Crippen LogP contribution in [0.4, 0.5) is 11.5 Å². The Bertz CT molecular complexity index is 1180. The van der Waals surface area contributed by atoms with Gasteiger partial charge in [0.25, 0.3) is 0 Å². The Hall–Kier alpha value is -3.18. The van der Waals surface area contributed by atoms with Gasteiger partial charge in [0.1, 0.15) is 17.2 Å². The first-order valence-corrected chi connectivity index (χ1v) is 8.50. The number of para-hydroxylation sites is 1. The van der Waals surface area contributed by atoms with Crippen LogP contribution in [0, 0.1) is 0 Å². The third-order valence-electron chi connectivity index (χ3n) is 4.62. The third-order valence-corrected chi connectivity index (χ3v) is 4.93. The lowest BCUT2D eigenvalue weighted by atomic mass is 10.1. The molecule has 2 aromatic heterocycles. The van der Waals surface area contributed by atoms with E-state index in [1.165, 1.54) is 7.11 Å². The number of phenolic OH excluding ortho intramolecular Hbond substituents is 1. The molecule has 1 aliphatic heterocycles. The minimum atomic E-state index is 0.0932. The maximum atomic E-state index is 9.89. The van der Waals surface area contributed by atoms with Crippen molar-refractivity contribution in [3.8, 4) is 34.0 Å². The van der Waals surface area contributed by atoms with Crippen molar-refractivity contribution >= 4 is 28.8 Å². The number of imidazole rings is 1. The van der Waals surface area contributed by atoms with Crippen molar-refractivity contribution in [1.29, 1.82) is 0 Å². The fourth-order valence-corrected chi connectivity index (χ4v) is 3.68. The summed E-state index contributed by atoms with van der Waals surface area (Å²) in [6.07, 6.45) is 0. The van der Waals surface area contributed by atoms with Crippen LogP contribution >= 0.6 is 11.6 Å². The Morgan fingerprint density at radius 2 is 1.96 bits per heavy atom. The molecule has 2 N–H and O–H groups in total. The van der Waals surface area contributed by atoms with E-state index in [4.69, 9.17) is 21.3 Å². The molecular formula is C20H14ClN3O2. The van der Waals surface area contributed by atoms with Gasteiger partial charge in [-0.05, 0) is 36.4 Å². The van der Waals surface area contributed by atoms with Gasteiger partial charge in [-0.2, -0.15) is 0 Å². The van der Waals surface area contributed by atoms with E-state index >= 15 is 0 Å². The molecule has 0 radical (unpaired) electrons. The number of pyridine rings is 1. The second-order valence-electron chi connectivity index (χ2n) is 6.09. The van der Waals surface area contributed by atoms with E-state index in [9.17, 15) is 5.11 Å². The monoisotopic (exact) mass is 363 g/mol. The number of halogens is 1. The van der Waals surface area contributed by atoms with Crippen LogP contribution < -0.4 is 10.1 Å². The predicted octanol–water partition coefficient (Wildman–Crippen LogP) is 5.09. The Morgan fingerprint density at radius 1 is 1.12 bits per heavy atom.